The van der Waals surface area contributed by atoms with E-state index in [4.69, 9.17) is 0 Å². The average molecular weight is 320 g/mol. The average Bonchev–Trinajstić information content (AvgIpc) is 2.54. The van der Waals surface area contributed by atoms with Crippen LogP contribution in [-0.4, -0.2) is 51.2 Å². The van der Waals surface area contributed by atoms with Gasteiger partial charge < -0.3 is 15.1 Å². The largest absolute Gasteiger partial charge is 0.481 e. The molecule has 0 saturated carbocycles. The molecule has 1 amide bonds. The van der Waals surface area contributed by atoms with Crippen molar-refractivity contribution in [2.24, 2.45) is 11.3 Å². The highest BCUT2D eigenvalue weighted by Gasteiger charge is 2.49. The van der Waals surface area contributed by atoms with Gasteiger partial charge in [0.2, 0.25) is 0 Å². The third-order valence-electron chi connectivity index (χ3n) is 4.55. The number of hydrogen-bond acceptors (Lipinski definition) is 4. The predicted octanol–water partition coefficient (Wildman–Crippen LogP) is 1.80. The fourth-order valence-electron chi connectivity index (χ4n) is 3.01. The summed E-state index contributed by atoms with van der Waals surface area (Å²) in [6.07, 6.45) is 1.91. The minimum atomic E-state index is -1.30. The quantitative estimate of drug-likeness (QED) is 0.863. The molecule has 6 nitrogen and oxygen atoms in total. The van der Waals surface area contributed by atoms with Gasteiger partial charge in [0.15, 0.2) is 0 Å². The first-order chi connectivity index (χ1) is 10.9. The number of rotatable bonds is 5. The number of carboxylic acid groups (broad SMARTS) is 1. The maximum atomic E-state index is 12.5. The number of aliphatic hydroxyl groups is 1. The van der Waals surface area contributed by atoms with Gasteiger partial charge in [-0.1, -0.05) is 19.9 Å². The molecule has 0 unspecified atom stereocenters. The lowest BCUT2D eigenvalue weighted by Crippen LogP contribution is -2.57. The van der Waals surface area contributed by atoms with E-state index in [1.807, 2.05) is 13.8 Å². The Kier molecular flexibility index (Phi) is 5.36. The Morgan fingerprint density at radius 1 is 1.43 bits per heavy atom. The van der Waals surface area contributed by atoms with E-state index in [0.717, 1.165) is 0 Å². The molecule has 1 aromatic rings. The zero-order valence-corrected chi connectivity index (χ0v) is 13.6. The molecule has 0 spiro atoms. The van der Waals surface area contributed by atoms with E-state index in [2.05, 4.69) is 4.98 Å². The summed E-state index contributed by atoms with van der Waals surface area (Å²) in [5.74, 6) is -0.989. The molecule has 0 aromatic carbocycles. The van der Waals surface area contributed by atoms with Crippen molar-refractivity contribution in [1.82, 2.24) is 9.88 Å². The first-order valence-corrected chi connectivity index (χ1v) is 7.98. The van der Waals surface area contributed by atoms with Crippen molar-refractivity contribution in [3.63, 3.8) is 0 Å². The van der Waals surface area contributed by atoms with Crippen molar-refractivity contribution in [3.05, 3.63) is 30.1 Å². The molecule has 2 heterocycles. The Morgan fingerprint density at radius 3 is 2.74 bits per heavy atom. The Balaban J connectivity index is 2.22. The number of carboxylic acids is 1. The summed E-state index contributed by atoms with van der Waals surface area (Å²) in [6, 6.07) is 5.06. The van der Waals surface area contributed by atoms with Gasteiger partial charge in [-0.15, -0.1) is 0 Å². The number of carbonyl (C=O) groups excluding carboxylic acids is 1. The molecule has 1 aliphatic rings. The Labute approximate surface area is 136 Å². The van der Waals surface area contributed by atoms with E-state index in [9.17, 15) is 19.8 Å². The molecular weight excluding hydrogens is 296 g/mol. The van der Waals surface area contributed by atoms with Crippen molar-refractivity contribution >= 4 is 11.9 Å². The van der Waals surface area contributed by atoms with Gasteiger partial charge in [-0.05, 0) is 37.3 Å². The van der Waals surface area contributed by atoms with E-state index in [0.29, 0.717) is 31.0 Å². The normalized spacial score (nSPS) is 24.7. The molecule has 1 aliphatic heterocycles. The van der Waals surface area contributed by atoms with E-state index in [1.165, 1.54) is 11.1 Å². The number of aromatic nitrogens is 1. The van der Waals surface area contributed by atoms with Crippen LogP contribution in [-0.2, 0) is 4.79 Å². The molecule has 1 fully saturated rings. The van der Waals surface area contributed by atoms with Crippen LogP contribution in [0.4, 0.5) is 0 Å². The number of nitrogens with zero attached hydrogens (tertiary/aromatic N) is 2. The fraction of sp³-hybridized carbons (Fsp3) is 0.588. The minimum absolute atomic E-state index is 0.0195. The van der Waals surface area contributed by atoms with E-state index in [1.54, 1.807) is 18.2 Å². The van der Waals surface area contributed by atoms with Gasteiger partial charge in [0.1, 0.15) is 11.1 Å². The molecule has 0 aliphatic carbocycles. The van der Waals surface area contributed by atoms with Crippen LogP contribution in [0.15, 0.2) is 24.4 Å². The van der Waals surface area contributed by atoms with E-state index < -0.39 is 17.5 Å². The van der Waals surface area contributed by atoms with Crippen LogP contribution in [0.1, 0.15) is 43.6 Å². The maximum absolute atomic E-state index is 12.5. The summed E-state index contributed by atoms with van der Waals surface area (Å²) in [4.78, 5) is 30.0. The van der Waals surface area contributed by atoms with Gasteiger partial charge in [0, 0.05) is 19.3 Å². The molecule has 2 atom stereocenters. The fourth-order valence-corrected chi connectivity index (χ4v) is 3.01. The maximum Gasteiger partial charge on any atom is 0.314 e. The lowest BCUT2D eigenvalue weighted by Gasteiger charge is -2.43. The van der Waals surface area contributed by atoms with Gasteiger partial charge >= 0.3 is 5.97 Å². The number of likely N-dealkylation sites (tertiary alicyclic amines) is 1. The zero-order valence-electron chi connectivity index (χ0n) is 13.6. The van der Waals surface area contributed by atoms with Gasteiger partial charge in [-0.2, -0.15) is 0 Å². The van der Waals surface area contributed by atoms with Crippen molar-refractivity contribution < 1.29 is 19.8 Å². The third kappa shape index (κ3) is 3.69. The molecule has 126 valence electrons. The number of pyridine rings is 1. The summed E-state index contributed by atoms with van der Waals surface area (Å²) >= 11 is 0. The van der Waals surface area contributed by atoms with Crippen LogP contribution in [0.2, 0.25) is 0 Å². The highest BCUT2D eigenvalue weighted by molar-refractivity contribution is 5.93. The second kappa shape index (κ2) is 7.08. The van der Waals surface area contributed by atoms with Crippen molar-refractivity contribution in [2.75, 3.05) is 13.1 Å². The predicted molar refractivity (Wildman–Crippen MR) is 84.9 cm³/mol. The molecule has 23 heavy (non-hydrogen) atoms. The SMILES string of the molecule is CC(C)CC[C@@]1(C(=O)O)CN(C(=O)c2ccccn2)CC[C@H]1O. The van der Waals surface area contributed by atoms with Crippen molar-refractivity contribution in [1.29, 1.82) is 0 Å². The molecule has 2 N–H and O–H groups in total. The van der Waals surface area contributed by atoms with Crippen molar-refractivity contribution in [2.45, 2.75) is 39.2 Å². The summed E-state index contributed by atoms with van der Waals surface area (Å²) in [5, 5.41) is 20.1. The number of aliphatic carboxylic acids is 1. The standard InChI is InChI=1S/C17H24N2O4/c1-12(2)6-8-17(16(22)23)11-19(10-7-14(17)20)15(21)13-5-3-4-9-18-13/h3-5,9,12,14,20H,6-8,10-11H2,1-2H3,(H,22,23)/t14-,17-/m1/s1. The van der Waals surface area contributed by atoms with Gasteiger partial charge in [-0.25, -0.2) is 0 Å². The molecule has 1 saturated heterocycles. The van der Waals surface area contributed by atoms with Crippen LogP contribution in [0, 0.1) is 11.3 Å². The molecule has 1 aromatic heterocycles. The highest BCUT2D eigenvalue weighted by atomic mass is 16.4. The lowest BCUT2D eigenvalue weighted by atomic mass is 9.72. The highest BCUT2D eigenvalue weighted by Crippen LogP contribution is 2.37. The first-order valence-electron chi connectivity index (χ1n) is 7.98. The molecule has 6 heteroatoms. The number of aliphatic hydroxyl groups excluding tert-OH is 1. The number of amides is 1. The third-order valence-corrected chi connectivity index (χ3v) is 4.55. The lowest BCUT2D eigenvalue weighted by molar-refractivity contribution is -0.163. The first kappa shape index (κ1) is 17.4. The Bertz CT molecular complexity index is 561. The van der Waals surface area contributed by atoms with E-state index in [-0.39, 0.29) is 18.9 Å². The molecule has 2 rings (SSSR count). The van der Waals surface area contributed by atoms with Crippen LogP contribution in [0.25, 0.3) is 0 Å². The van der Waals surface area contributed by atoms with Gasteiger partial charge in [-0.3, -0.25) is 14.6 Å². The van der Waals surface area contributed by atoms with Gasteiger partial charge in [0.25, 0.3) is 5.91 Å². The summed E-state index contributed by atoms with van der Waals surface area (Å²) in [5.41, 5.74) is -1.00. The van der Waals surface area contributed by atoms with Crippen LogP contribution in [0.5, 0.6) is 0 Å². The monoisotopic (exact) mass is 320 g/mol. The molecule has 0 radical (unpaired) electrons. The molecule has 0 bridgehead atoms. The zero-order chi connectivity index (χ0) is 17.0. The van der Waals surface area contributed by atoms with Crippen LogP contribution in [0.3, 0.4) is 0 Å². The number of hydrogen-bond donors (Lipinski definition) is 2. The number of piperidine rings is 1. The second-order valence-electron chi connectivity index (χ2n) is 6.64. The van der Waals surface area contributed by atoms with Crippen LogP contribution < -0.4 is 0 Å². The smallest absolute Gasteiger partial charge is 0.314 e. The summed E-state index contributed by atoms with van der Waals surface area (Å²) in [7, 11) is 0. The van der Waals surface area contributed by atoms with Crippen LogP contribution >= 0.6 is 0 Å². The Morgan fingerprint density at radius 2 is 2.17 bits per heavy atom. The number of carbonyl (C=O) groups is 2. The second-order valence-corrected chi connectivity index (χ2v) is 6.64. The minimum Gasteiger partial charge on any atom is -0.481 e. The Hall–Kier alpha value is -1.95. The van der Waals surface area contributed by atoms with E-state index >= 15 is 0 Å². The summed E-state index contributed by atoms with van der Waals surface area (Å²) < 4.78 is 0. The molecular formula is C17H24N2O4. The van der Waals surface area contributed by atoms with Crippen molar-refractivity contribution in [3.8, 4) is 0 Å². The summed E-state index contributed by atoms with van der Waals surface area (Å²) in [6.45, 7) is 4.39. The topological polar surface area (TPSA) is 90.7 Å². The van der Waals surface area contributed by atoms with Gasteiger partial charge in [0.05, 0.1) is 6.10 Å².